The predicted octanol–water partition coefficient (Wildman–Crippen LogP) is 0.260. The molecule has 0 radical (unpaired) electrons. The Morgan fingerprint density at radius 3 is 1.38 bits per heavy atom. The van der Waals surface area contributed by atoms with Gasteiger partial charge >= 0.3 is 14.9 Å². The lowest BCUT2D eigenvalue weighted by Gasteiger charge is -1.90. The van der Waals surface area contributed by atoms with Crippen molar-refractivity contribution in [3.8, 4) is 0 Å². The fourth-order valence-electron chi connectivity index (χ4n) is 0. The summed E-state index contributed by atoms with van der Waals surface area (Å²) in [5.74, 6) is 0. The number of nitrogens with zero attached hydrogens (tertiary/aromatic N) is 1. The minimum atomic E-state index is -5.90. The SMILES string of the molecule is O=S(=O)(O)[N+](F)(F)F. The van der Waals surface area contributed by atoms with Gasteiger partial charge in [0, 0.05) is 0 Å². The van der Waals surface area contributed by atoms with Crippen molar-refractivity contribution in [3.05, 3.63) is 0 Å². The average molecular weight is 152 g/mol. The zero-order valence-electron chi connectivity index (χ0n) is 3.25. The van der Waals surface area contributed by atoms with Gasteiger partial charge in [0.2, 0.25) is 0 Å². The minimum Gasteiger partial charge on any atom is -0.233 e. The largest absolute Gasteiger partial charge is 0.551 e. The summed E-state index contributed by atoms with van der Waals surface area (Å²) >= 11 is 0. The maximum atomic E-state index is 10.7. The second kappa shape index (κ2) is 1.57. The van der Waals surface area contributed by atoms with Crippen LogP contribution in [0, 0.1) is 0 Å². The molecule has 0 unspecified atom stereocenters. The Morgan fingerprint density at radius 1 is 1.25 bits per heavy atom. The van der Waals surface area contributed by atoms with Crippen LogP contribution in [0.5, 0.6) is 0 Å². The molecular weight excluding hydrogens is 151 g/mol. The van der Waals surface area contributed by atoms with Gasteiger partial charge in [0.1, 0.15) is 13.4 Å². The fourth-order valence-corrected chi connectivity index (χ4v) is 0. The Morgan fingerprint density at radius 2 is 1.38 bits per heavy atom. The highest BCUT2D eigenvalue weighted by molar-refractivity contribution is 7.79. The molecular formula is HF3NO3S+. The van der Waals surface area contributed by atoms with Gasteiger partial charge in [0.25, 0.3) is 0 Å². The summed E-state index contributed by atoms with van der Waals surface area (Å²) in [5.41, 5.74) is 0. The molecule has 0 rings (SSSR count). The maximum absolute atomic E-state index is 10.7. The van der Waals surface area contributed by atoms with Gasteiger partial charge in [-0.2, -0.15) is 0 Å². The van der Waals surface area contributed by atoms with E-state index in [0.29, 0.717) is 0 Å². The predicted molar refractivity (Wildman–Crippen MR) is 15.1 cm³/mol. The van der Waals surface area contributed by atoms with Crippen LogP contribution in [0.3, 0.4) is 0 Å². The number of hydrogen-bond acceptors (Lipinski definition) is 2. The zero-order chi connectivity index (χ0) is 7.00. The Balaban J connectivity index is 4.53. The third-order valence-electron chi connectivity index (χ3n) is 0.262. The molecule has 8 heavy (non-hydrogen) atoms. The average Bonchev–Trinajstić information content (AvgIpc) is 1.25. The van der Waals surface area contributed by atoms with E-state index in [9.17, 15) is 13.4 Å². The summed E-state index contributed by atoms with van der Waals surface area (Å²) < 4.78 is 52.3. The third kappa shape index (κ3) is 1.64. The summed E-state index contributed by atoms with van der Waals surface area (Å²) in [7, 11) is -5.90. The number of hydrogen-bond donors (Lipinski definition) is 1. The highest BCUT2D eigenvalue weighted by atomic mass is 32.2. The lowest BCUT2D eigenvalue weighted by atomic mass is 13.4. The fraction of sp³-hybridized carbons (Fsp3) is 0. The molecule has 0 amide bonds. The van der Waals surface area contributed by atoms with Crippen LogP contribution < -0.4 is 0 Å². The first-order valence-electron chi connectivity index (χ1n) is 1.21. The van der Waals surface area contributed by atoms with E-state index in [1.807, 2.05) is 0 Å². The van der Waals surface area contributed by atoms with Crippen molar-refractivity contribution in [1.82, 2.24) is 0 Å². The van der Waals surface area contributed by atoms with Gasteiger partial charge in [-0.25, -0.2) is 4.55 Å². The molecule has 0 spiro atoms. The van der Waals surface area contributed by atoms with E-state index in [4.69, 9.17) is 13.0 Å². The van der Waals surface area contributed by atoms with Crippen LogP contribution in [0.25, 0.3) is 0 Å². The molecule has 0 aliphatic rings. The van der Waals surface area contributed by atoms with E-state index in [0.717, 1.165) is 0 Å². The van der Waals surface area contributed by atoms with Gasteiger partial charge in [0.05, 0.1) is 0 Å². The Hall–Kier alpha value is -0.340. The van der Waals surface area contributed by atoms with Crippen molar-refractivity contribution in [2.75, 3.05) is 0 Å². The summed E-state index contributed by atoms with van der Waals surface area (Å²) in [5, 5.41) is 0. The van der Waals surface area contributed by atoms with Crippen LogP contribution in [0.2, 0.25) is 0 Å². The molecule has 0 fully saturated rings. The van der Waals surface area contributed by atoms with E-state index in [2.05, 4.69) is 0 Å². The van der Waals surface area contributed by atoms with Gasteiger partial charge in [0.15, 0.2) is 0 Å². The second-order valence-corrected chi connectivity index (χ2v) is 2.16. The molecule has 0 aromatic carbocycles. The zero-order valence-corrected chi connectivity index (χ0v) is 4.07. The van der Waals surface area contributed by atoms with Gasteiger partial charge in [-0.15, -0.1) is 8.42 Å². The first-order chi connectivity index (χ1) is 3.25. The molecule has 4 nitrogen and oxygen atoms in total. The first-order valence-corrected chi connectivity index (χ1v) is 2.60. The van der Waals surface area contributed by atoms with Crippen molar-refractivity contribution in [2.45, 2.75) is 0 Å². The van der Waals surface area contributed by atoms with Crippen LogP contribution >= 0.6 is 0 Å². The van der Waals surface area contributed by atoms with Crippen molar-refractivity contribution >= 4 is 10.3 Å². The lowest BCUT2D eigenvalue weighted by Crippen LogP contribution is -2.26. The van der Waals surface area contributed by atoms with Crippen LogP contribution in [0.15, 0.2) is 0 Å². The molecule has 1 N–H and O–H groups in total. The first kappa shape index (κ1) is 7.66. The molecule has 0 aromatic heterocycles. The van der Waals surface area contributed by atoms with Crippen LogP contribution in [-0.2, 0) is 10.3 Å². The molecule has 50 valence electrons. The van der Waals surface area contributed by atoms with E-state index >= 15 is 0 Å². The van der Waals surface area contributed by atoms with E-state index in [1.54, 1.807) is 0 Å². The number of quaternary nitrogens is 1. The third-order valence-corrected chi connectivity index (χ3v) is 0.785. The molecule has 0 saturated heterocycles. The van der Waals surface area contributed by atoms with Crippen molar-refractivity contribution in [2.24, 2.45) is 0 Å². The monoisotopic (exact) mass is 152 g/mol. The van der Waals surface area contributed by atoms with Crippen LogP contribution in [0.1, 0.15) is 0 Å². The van der Waals surface area contributed by atoms with Gasteiger partial charge in [-0.1, -0.05) is 0 Å². The minimum absolute atomic E-state index is 4.95. The van der Waals surface area contributed by atoms with Crippen LogP contribution in [-0.4, -0.2) is 17.5 Å². The number of rotatable bonds is 1. The summed E-state index contributed by atoms with van der Waals surface area (Å²) in [6, 6.07) is 0. The Labute approximate surface area is 42.4 Å². The van der Waals surface area contributed by atoms with Crippen molar-refractivity contribution < 1.29 is 31.0 Å². The Bertz CT molecular complexity index is 163. The van der Waals surface area contributed by atoms with E-state index in [-0.39, 0.29) is 0 Å². The van der Waals surface area contributed by atoms with Gasteiger partial charge in [-0.3, -0.25) is 0 Å². The Kier molecular flexibility index (Phi) is 1.50. The van der Waals surface area contributed by atoms with Crippen molar-refractivity contribution in [3.63, 3.8) is 0 Å². The highest BCUT2D eigenvalue weighted by Crippen LogP contribution is 2.15. The van der Waals surface area contributed by atoms with Crippen LogP contribution in [0.4, 0.5) is 13.4 Å². The second-order valence-electron chi connectivity index (χ2n) is 0.847. The standard InChI is InChI=1S/F3NO3S/c1-4(2,3)8(5,6)7/p+1. The smallest absolute Gasteiger partial charge is 0.233 e. The molecule has 0 saturated carbocycles. The topological polar surface area (TPSA) is 54.4 Å². The van der Waals surface area contributed by atoms with E-state index < -0.39 is 14.9 Å². The van der Waals surface area contributed by atoms with E-state index in [1.165, 1.54) is 0 Å². The van der Waals surface area contributed by atoms with Gasteiger partial charge < -0.3 is 0 Å². The molecule has 0 heterocycles. The van der Waals surface area contributed by atoms with Gasteiger partial charge in [-0.05, 0) is 0 Å². The molecule has 8 heteroatoms. The summed E-state index contributed by atoms with van der Waals surface area (Å²) in [4.78, 5) is 0. The number of halogens is 3. The molecule has 0 bridgehead atoms. The molecule has 0 aliphatic heterocycles. The maximum Gasteiger partial charge on any atom is 0.551 e. The molecule has 0 atom stereocenters. The normalized spacial score (nSPS) is 14.0. The summed E-state index contributed by atoms with van der Waals surface area (Å²) in [6.45, 7) is 0. The molecule has 0 aromatic rings. The quantitative estimate of drug-likeness (QED) is 0.433. The lowest BCUT2D eigenvalue weighted by molar-refractivity contribution is -1.18. The van der Waals surface area contributed by atoms with Crippen molar-refractivity contribution in [1.29, 1.82) is 0 Å². The highest BCUT2D eigenvalue weighted by Gasteiger charge is 2.49. The molecule has 0 aliphatic carbocycles. The summed E-state index contributed by atoms with van der Waals surface area (Å²) in [6.07, 6.45) is 0.